The molecule has 1 aromatic rings. The molecule has 1 amide bonds. The van der Waals surface area contributed by atoms with Gasteiger partial charge in [0.2, 0.25) is 5.91 Å². The van der Waals surface area contributed by atoms with Crippen molar-refractivity contribution >= 4 is 28.3 Å². The first-order chi connectivity index (χ1) is 9.86. The Morgan fingerprint density at radius 3 is 2.86 bits per heavy atom. The second kappa shape index (κ2) is 6.01. The Morgan fingerprint density at radius 1 is 1.48 bits per heavy atom. The van der Waals surface area contributed by atoms with Gasteiger partial charge in [0, 0.05) is 25.5 Å². The molecule has 6 nitrogen and oxygen atoms in total. The first-order valence-electron chi connectivity index (χ1n) is 6.99. The third-order valence-electron chi connectivity index (χ3n) is 3.61. The zero-order valence-corrected chi connectivity index (χ0v) is 13.7. The molecular weight excluding hydrogens is 290 g/mol. The lowest BCUT2D eigenvalue weighted by atomic mass is 9.99. The van der Waals surface area contributed by atoms with E-state index in [0.717, 1.165) is 11.7 Å². The molecule has 0 saturated carbocycles. The molecule has 1 aliphatic heterocycles. The van der Waals surface area contributed by atoms with Crippen molar-refractivity contribution in [3.63, 3.8) is 0 Å². The van der Waals surface area contributed by atoms with Gasteiger partial charge in [0.25, 0.3) is 0 Å². The van der Waals surface area contributed by atoms with Gasteiger partial charge in [-0.2, -0.15) is 0 Å². The zero-order chi connectivity index (χ0) is 15.6. The van der Waals surface area contributed by atoms with Crippen molar-refractivity contribution in [1.29, 1.82) is 0 Å². The number of carbonyl (C=O) groups is 2. The fraction of sp³-hybridized carbons (Fsp3) is 0.643. The number of likely N-dealkylation sites (N-methyl/N-ethyl adjacent to an activating group) is 1. The molecule has 0 atom stereocenters. The second-order valence-corrected chi connectivity index (χ2v) is 6.38. The molecule has 0 bridgehead atoms. The van der Waals surface area contributed by atoms with E-state index >= 15 is 0 Å². The summed E-state index contributed by atoms with van der Waals surface area (Å²) in [7, 11) is 1.81. The van der Waals surface area contributed by atoms with E-state index in [-0.39, 0.29) is 18.3 Å². The van der Waals surface area contributed by atoms with Crippen LogP contribution >= 0.6 is 11.3 Å². The van der Waals surface area contributed by atoms with Crippen molar-refractivity contribution in [2.24, 2.45) is 0 Å². The van der Waals surface area contributed by atoms with Crippen LogP contribution in [-0.4, -0.2) is 54.0 Å². The highest BCUT2D eigenvalue weighted by Gasteiger charge is 2.41. The maximum atomic E-state index is 12.3. The Hall–Kier alpha value is -1.63. The van der Waals surface area contributed by atoms with E-state index < -0.39 is 5.54 Å². The van der Waals surface area contributed by atoms with Crippen LogP contribution in [0.15, 0.2) is 5.38 Å². The van der Waals surface area contributed by atoms with Crippen molar-refractivity contribution in [1.82, 2.24) is 9.88 Å². The quantitative estimate of drug-likeness (QED) is 0.785. The van der Waals surface area contributed by atoms with Crippen LogP contribution in [-0.2, 0) is 20.7 Å². The maximum Gasteiger partial charge on any atom is 0.311 e. The summed E-state index contributed by atoms with van der Waals surface area (Å²) in [6.07, 6.45) is 0.173. The average molecular weight is 311 g/mol. The SMILES string of the molecule is CCOC(=O)Cc1csc(N2CCN(C)C(=O)C2(C)C)n1. The minimum Gasteiger partial charge on any atom is -0.466 e. The van der Waals surface area contributed by atoms with Crippen molar-refractivity contribution in [3.05, 3.63) is 11.1 Å². The zero-order valence-electron chi connectivity index (χ0n) is 12.9. The van der Waals surface area contributed by atoms with E-state index in [1.54, 1.807) is 11.8 Å². The number of hydrogen-bond donors (Lipinski definition) is 0. The third-order valence-corrected chi connectivity index (χ3v) is 4.52. The highest BCUT2D eigenvalue weighted by Crippen LogP contribution is 2.31. The largest absolute Gasteiger partial charge is 0.466 e. The number of esters is 1. The Labute approximate surface area is 128 Å². The van der Waals surface area contributed by atoms with Crippen LogP contribution < -0.4 is 4.90 Å². The number of hydrogen-bond acceptors (Lipinski definition) is 6. The van der Waals surface area contributed by atoms with Crippen LogP contribution in [0.4, 0.5) is 5.13 Å². The Morgan fingerprint density at radius 2 is 2.19 bits per heavy atom. The Bertz CT molecular complexity index is 541. The van der Waals surface area contributed by atoms with Crippen molar-refractivity contribution < 1.29 is 14.3 Å². The first-order valence-corrected chi connectivity index (χ1v) is 7.87. The predicted octanol–water partition coefficient (Wildman–Crippen LogP) is 1.31. The maximum absolute atomic E-state index is 12.3. The van der Waals surface area contributed by atoms with E-state index in [2.05, 4.69) is 4.98 Å². The summed E-state index contributed by atoms with van der Waals surface area (Å²) in [4.78, 5) is 32.0. The number of rotatable bonds is 4. The number of amides is 1. The summed E-state index contributed by atoms with van der Waals surface area (Å²) < 4.78 is 4.92. The normalized spacial score (nSPS) is 18.0. The fourth-order valence-electron chi connectivity index (χ4n) is 2.41. The number of thiazole rings is 1. The molecule has 2 rings (SSSR count). The molecule has 21 heavy (non-hydrogen) atoms. The minimum absolute atomic E-state index is 0.0795. The van der Waals surface area contributed by atoms with E-state index in [9.17, 15) is 9.59 Å². The number of ether oxygens (including phenoxy) is 1. The fourth-order valence-corrected chi connectivity index (χ4v) is 3.40. The highest BCUT2D eigenvalue weighted by molar-refractivity contribution is 7.13. The van der Waals surface area contributed by atoms with Crippen molar-refractivity contribution in [2.75, 3.05) is 31.6 Å². The molecular formula is C14H21N3O3S. The van der Waals surface area contributed by atoms with Crippen molar-refractivity contribution in [3.8, 4) is 0 Å². The minimum atomic E-state index is -0.619. The molecule has 116 valence electrons. The molecule has 1 aromatic heterocycles. The molecule has 0 aliphatic carbocycles. The monoisotopic (exact) mass is 311 g/mol. The van der Waals surface area contributed by atoms with Gasteiger partial charge in [-0.05, 0) is 20.8 Å². The number of anilines is 1. The second-order valence-electron chi connectivity index (χ2n) is 5.54. The van der Waals surface area contributed by atoms with E-state index in [1.807, 2.05) is 31.2 Å². The van der Waals surface area contributed by atoms with Crippen LogP contribution in [0.2, 0.25) is 0 Å². The van der Waals surface area contributed by atoms with Gasteiger partial charge in [-0.25, -0.2) is 4.98 Å². The van der Waals surface area contributed by atoms with Crippen LogP contribution in [0.5, 0.6) is 0 Å². The number of aromatic nitrogens is 1. The van der Waals surface area contributed by atoms with Crippen LogP contribution in [0.3, 0.4) is 0 Å². The van der Waals surface area contributed by atoms with Crippen molar-refractivity contribution in [2.45, 2.75) is 32.7 Å². The molecule has 0 unspecified atom stereocenters. The molecule has 2 heterocycles. The Kier molecular flexibility index (Phi) is 4.51. The summed E-state index contributed by atoms with van der Waals surface area (Å²) >= 11 is 1.46. The number of piperazine rings is 1. The van der Waals surface area contributed by atoms with Gasteiger partial charge < -0.3 is 14.5 Å². The Balaban J connectivity index is 2.14. The van der Waals surface area contributed by atoms with E-state index in [1.165, 1.54) is 11.3 Å². The lowest BCUT2D eigenvalue weighted by Gasteiger charge is -2.44. The average Bonchev–Trinajstić information content (AvgIpc) is 2.84. The van der Waals surface area contributed by atoms with Gasteiger partial charge in [-0.3, -0.25) is 9.59 Å². The summed E-state index contributed by atoms with van der Waals surface area (Å²) in [5, 5.41) is 2.63. The van der Waals surface area contributed by atoms with Gasteiger partial charge in [0.15, 0.2) is 5.13 Å². The molecule has 0 N–H and O–H groups in total. The van der Waals surface area contributed by atoms with Crippen LogP contribution in [0, 0.1) is 0 Å². The van der Waals surface area contributed by atoms with Gasteiger partial charge >= 0.3 is 5.97 Å². The predicted molar refractivity (Wildman–Crippen MR) is 81.5 cm³/mol. The lowest BCUT2D eigenvalue weighted by Crippen LogP contribution is -2.62. The van der Waals surface area contributed by atoms with Crippen LogP contribution in [0.25, 0.3) is 0 Å². The molecule has 1 saturated heterocycles. The first kappa shape index (κ1) is 15.8. The molecule has 0 radical (unpaired) electrons. The summed E-state index contributed by atoms with van der Waals surface area (Å²) in [5.74, 6) is -0.195. The lowest BCUT2D eigenvalue weighted by molar-refractivity contribution is -0.142. The van der Waals surface area contributed by atoms with E-state index in [4.69, 9.17) is 4.74 Å². The van der Waals surface area contributed by atoms with E-state index in [0.29, 0.717) is 18.8 Å². The third kappa shape index (κ3) is 3.18. The molecule has 0 aromatic carbocycles. The van der Waals surface area contributed by atoms with Crippen LogP contribution in [0.1, 0.15) is 26.5 Å². The molecule has 1 aliphatic rings. The number of nitrogens with zero attached hydrogens (tertiary/aromatic N) is 3. The molecule has 0 spiro atoms. The topological polar surface area (TPSA) is 62.7 Å². The highest BCUT2D eigenvalue weighted by atomic mass is 32.1. The van der Waals surface area contributed by atoms with Gasteiger partial charge in [-0.15, -0.1) is 11.3 Å². The van der Waals surface area contributed by atoms with Gasteiger partial charge in [0.05, 0.1) is 18.7 Å². The smallest absolute Gasteiger partial charge is 0.311 e. The summed E-state index contributed by atoms with van der Waals surface area (Å²) in [6, 6.07) is 0. The summed E-state index contributed by atoms with van der Waals surface area (Å²) in [6.45, 7) is 7.37. The van der Waals surface area contributed by atoms with Gasteiger partial charge in [-0.1, -0.05) is 0 Å². The number of carbonyl (C=O) groups excluding carboxylic acids is 2. The standard InChI is InChI=1S/C14H21N3O3S/c1-5-20-11(18)8-10-9-21-13(15-10)17-7-6-16(4)12(19)14(17,2)3/h9H,5-8H2,1-4H3. The molecule has 1 fully saturated rings. The van der Waals surface area contributed by atoms with Gasteiger partial charge in [0.1, 0.15) is 5.54 Å². The molecule has 7 heteroatoms. The summed E-state index contributed by atoms with van der Waals surface area (Å²) in [5.41, 5.74) is 0.0714.